The van der Waals surface area contributed by atoms with Crippen LogP contribution >= 0.6 is 0 Å². The standard InChI is InChI=1S/C22H25N5O4/c1-23-17-14-19(20(27(30)31)15-18(17)24(2)22(23)29)25-10-12-26(13-11-25)21(28)9-8-16-6-4-3-5-7-16/h3-7,14-15H,8-13H2,1-2H3. The van der Waals surface area contributed by atoms with Crippen molar-refractivity contribution in [3.63, 3.8) is 0 Å². The summed E-state index contributed by atoms with van der Waals surface area (Å²) >= 11 is 0. The van der Waals surface area contributed by atoms with Crippen LogP contribution in [0.2, 0.25) is 0 Å². The number of anilines is 1. The van der Waals surface area contributed by atoms with Crippen LogP contribution in [-0.2, 0) is 25.3 Å². The van der Waals surface area contributed by atoms with E-state index in [-0.39, 0.29) is 17.3 Å². The molecule has 0 radical (unpaired) electrons. The Balaban J connectivity index is 1.49. The minimum absolute atomic E-state index is 0.0300. The third-order valence-corrected chi connectivity index (χ3v) is 6.01. The first-order chi connectivity index (χ1) is 14.9. The van der Waals surface area contributed by atoms with Gasteiger partial charge >= 0.3 is 5.69 Å². The van der Waals surface area contributed by atoms with E-state index in [4.69, 9.17) is 0 Å². The van der Waals surface area contributed by atoms with Gasteiger partial charge in [-0.15, -0.1) is 0 Å². The van der Waals surface area contributed by atoms with Gasteiger partial charge < -0.3 is 9.80 Å². The van der Waals surface area contributed by atoms with E-state index in [1.807, 2.05) is 40.1 Å². The molecule has 0 saturated carbocycles. The van der Waals surface area contributed by atoms with Crippen molar-refractivity contribution in [1.29, 1.82) is 0 Å². The van der Waals surface area contributed by atoms with Gasteiger partial charge in [0, 0.05) is 52.8 Å². The number of carbonyl (C=O) groups is 1. The number of aryl methyl sites for hydroxylation is 3. The summed E-state index contributed by atoms with van der Waals surface area (Å²) in [4.78, 5) is 39.9. The molecule has 0 atom stereocenters. The molecule has 1 fully saturated rings. The number of hydrogen-bond acceptors (Lipinski definition) is 5. The van der Waals surface area contributed by atoms with E-state index in [9.17, 15) is 19.7 Å². The first kappa shape index (κ1) is 20.6. The second kappa shape index (κ2) is 8.25. The first-order valence-corrected chi connectivity index (χ1v) is 10.3. The average Bonchev–Trinajstić information content (AvgIpc) is 3.01. The Bertz CT molecular complexity index is 1190. The van der Waals surface area contributed by atoms with Crippen LogP contribution in [0.3, 0.4) is 0 Å². The topological polar surface area (TPSA) is 93.6 Å². The van der Waals surface area contributed by atoms with Crippen molar-refractivity contribution < 1.29 is 9.72 Å². The van der Waals surface area contributed by atoms with Crippen molar-refractivity contribution in [3.05, 3.63) is 68.6 Å². The zero-order chi connectivity index (χ0) is 22.1. The molecule has 2 aromatic carbocycles. The van der Waals surface area contributed by atoms with Gasteiger partial charge in [-0.3, -0.25) is 24.0 Å². The van der Waals surface area contributed by atoms with Gasteiger partial charge in [0.25, 0.3) is 5.69 Å². The lowest BCUT2D eigenvalue weighted by Crippen LogP contribution is -2.49. The van der Waals surface area contributed by atoms with Crippen LogP contribution in [0, 0.1) is 10.1 Å². The van der Waals surface area contributed by atoms with Gasteiger partial charge in [0.1, 0.15) is 5.69 Å². The molecular formula is C22H25N5O4. The third kappa shape index (κ3) is 3.90. The van der Waals surface area contributed by atoms with Crippen molar-refractivity contribution in [2.45, 2.75) is 12.8 Å². The van der Waals surface area contributed by atoms with E-state index in [0.717, 1.165) is 5.56 Å². The van der Waals surface area contributed by atoms with Gasteiger partial charge in [-0.05, 0) is 18.1 Å². The number of aromatic nitrogens is 2. The van der Waals surface area contributed by atoms with Crippen molar-refractivity contribution in [2.75, 3.05) is 31.1 Å². The highest BCUT2D eigenvalue weighted by molar-refractivity contribution is 5.86. The van der Waals surface area contributed by atoms with Crippen molar-refractivity contribution in [1.82, 2.24) is 14.0 Å². The number of nitro groups is 1. The molecule has 31 heavy (non-hydrogen) atoms. The normalized spacial score (nSPS) is 14.3. The third-order valence-electron chi connectivity index (χ3n) is 6.01. The fourth-order valence-electron chi connectivity index (χ4n) is 4.17. The maximum Gasteiger partial charge on any atom is 0.328 e. The molecule has 0 spiro atoms. The number of amides is 1. The smallest absolute Gasteiger partial charge is 0.328 e. The Morgan fingerprint density at radius 1 is 1.00 bits per heavy atom. The summed E-state index contributed by atoms with van der Waals surface area (Å²) in [5.74, 6) is 0.0962. The van der Waals surface area contributed by atoms with Gasteiger partial charge in [0.05, 0.1) is 16.0 Å². The molecule has 1 aliphatic rings. The highest BCUT2D eigenvalue weighted by Crippen LogP contribution is 2.33. The van der Waals surface area contributed by atoms with E-state index in [1.165, 1.54) is 15.2 Å². The Kier molecular flexibility index (Phi) is 5.50. The Morgan fingerprint density at radius 3 is 2.23 bits per heavy atom. The number of rotatable bonds is 5. The Morgan fingerprint density at radius 2 is 1.61 bits per heavy atom. The number of benzene rings is 2. The zero-order valence-corrected chi connectivity index (χ0v) is 17.7. The average molecular weight is 423 g/mol. The number of nitrogens with zero attached hydrogens (tertiary/aromatic N) is 5. The molecule has 1 aliphatic heterocycles. The molecule has 4 rings (SSSR count). The van der Waals surface area contributed by atoms with Crippen LogP contribution in [0.15, 0.2) is 47.3 Å². The van der Waals surface area contributed by atoms with E-state index in [2.05, 4.69) is 0 Å². The molecule has 0 aliphatic carbocycles. The van der Waals surface area contributed by atoms with Gasteiger partial charge in [-0.25, -0.2) is 4.79 Å². The zero-order valence-electron chi connectivity index (χ0n) is 17.7. The lowest BCUT2D eigenvalue weighted by Gasteiger charge is -2.36. The monoisotopic (exact) mass is 423 g/mol. The molecule has 9 heteroatoms. The maximum atomic E-state index is 12.6. The molecule has 3 aromatic rings. The maximum absolute atomic E-state index is 12.6. The summed E-state index contributed by atoms with van der Waals surface area (Å²) in [6.07, 6.45) is 1.15. The molecule has 1 aromatic heterocycles. The molecule has 0 unspecified atom stereocenters. The van der Waals surface area contributed by atoms with Crippen LogP contribution in [0.25, 0.3) is 11.0 Å². The molecule has 0 bridgehead atoms. The molecule has 1 saturated heterocycles. The predicted octanol–water partition coefficient (Wildman–Crippen LogP) is 2.07. The minimum atomic E-state index is -0.413. The van der Waals surface area contributed by atoms with Crippen molar-refractivity contribution in [2.24, 2.45) is 14.1 Å². The van der Waals surface area contributed by atoms with Crippen LogP contribution in [0.4, 0.5) is 11.4 Å². The molecular weight excluding hydrogens is 398 g/mol. The first-order valence-electron chi connectivity index (χ1n) is 10.3. The van der Waals surface area contributed by atoms with Gasteiger partial charge in [-0.1, -0.05) is 30.3 Å². The summed E-state index contributed by atoms with van der Waals surface area (Å²) in [7, 11) is 3.26. The van der Waals surface area contributed by atoms with Gasteiger partial charge in [-0.2, -0.15) is 0 Å². The summed E-state index contributed by atoms with van der Waals surface area (Å²) < 4.78 is 2.90. The van der Waals surface area contributed by atoms with Crippen LogP contribution in [0.1, 0.15) is 12.0 Å². The Labute approximate surface area is 179 Å². The fraction of sp³-hybridized carbons (Fsp3) is 0.364. The quantitative estimate of drug-likeness (QED) is 0.463. The predicted molar refractivity (Wildman–Crippen MR) is 118 cm³/mol. The number of piperazine rings is 1. The molecule has 1 amide bonds. The van der Waals surface area contributed by atoms with Crippen LogP contribution < -0.4 is 10.6 Å². The lowest BCUT2D eigenvalue weighted by molar-refractivity contribution is -0.384. The number of hydrogen-bond donors (Lipinski definition) is 0. The van der Waals surface area contributed by atoms with E-state index in [1.54, 1.807) is 20.2 Å². The van der Waals surface area contributed by atoms with Crippen molar-refractivity contribution in [3.8, 4) is 0 Å². The highest BCUT2D eigenvalue weighted by Gasteiger charge is 2.27. The number of carbonyl (C=O) groups excluding carboxylic acids is 1. The van der Waals surface area contributed by atoms with Crippen molar-refractivity contribution >= 4 is 28.3 Å². The van der Waals surface area contributed by atoms with Crippen LogP contribution in [0.5, 0.6) is 0 Å². The molecule has 0 N–H and O–H groups in total. The molecule has 2 heterocycles. The lowest BCUT2D eigenvalue weighted by atomic mass is 10.1. The van der Waals surface area contributed by atoms with E-state index >= 15 is 0 Å². The van der Waals surface area contributed by atoms with Gasteiger partial charge in [0.2, 0.25) is 5.91 Å². The summed E-state index contributed by atoms with van der Waals surface area (Å²) in [5, 5.41) is 11.7. The number of nitro benzene ring substituents is 1. The highest BCUT2D eigenvalue weighted by atomic mass is 16.6. The van der Waals surface area contributed by atoms with Gasteiger partial charge in [0.15, 0.2) is 0 Å². The summed E-state index contributed by atoms with van der Waals surface area (Å²) in [6.45, 7) is 2.03. The van der Waals surface area contributed by atoms with E-state index < -0.39 is 4.92 Å². The summed E-state index contributed by atoms with van der Waals surface area (Å²) in [6, 6.07) is 13.1. The SMILES string of the molecule is Cn1c(=O)n(C)c2cc([N+](=O)[O-])c(N3CCN(C(=O)CCc4ccccc4)CC3)cc21. The second-order valence-electron chi connectivity index (χ2n) is 7.84. The molecule has 162 valence electrons. The number of imidazole rings is 1. The number of fused-ring (bicyclic) bond motifs is 1. The minimum Gasteiger partial charge on any atom is -0.362 e. The summed E-state index contributed by atoms with van der Waals surface area (Å²) in [5.41, 5.74) is 2.53. The fourth-order valence-corrected chi connectivity index (χ4v) is 4.17. The largest absolute Gasteiger partial charge is 0.362 e. The van der Waals surface area contributed by atoms with Crippen LogP contribution in [-0.4, -0.2) is 51.0 Å². The Hall–Kier alpha value is -3.62. The van der Waals surface area contributed by atoms with E-state index in [0.29, 0.717) is 55.7 Å². The molecule has 9 nitrogen and oxygen atoms in total. The second-order valence-corrected chi connectivity index (χ2v) is 7.84.